The second-order valence-corrected chi connectivity index (χ2v) is 7.62. The van der Waals surface area contributed by atoms with Gasteiger partial charge < -0.3 is 4.74 Å². The average molecular weight is 339 g/mol. The summed E-state index contributed by atoms with van der Waals surface area (Å²) in [7, 11) is 0. The largest absolute Gasteiger partial charge is 0.443 e. The van der Waals surface area contributed by atoms with Gasteiger partial charge in [0.1, 0.15) is 5.60 Å². The number of hydrogen-bond donors (Lipinski definition) is 1. The third-order valence-corrected chi connectivity index (χ3v) is 4.11. The van der Waals surface area contributed by atoms with E-state index in [4.69, 9.17) is 16.3 Å². The van der Waals surface area contributed by atoms with Gasteiger partial charge in [0.2, 0.25) is 0 Å². The van der Waals surface area contributed by atoms with Crippen LogP contribution in [0.15, 0.2) is 24.3 Å². The molecule has 1 heterocycles. The second-order valence-electron chi connectivity index (χ2n) is 7.19. The molecule has 1 fully saturated rings. The fourth-order valence-corrected chi connectivity index (χ4v) is 3.03. The number of ether oxygens (including phenoxy) is 1. The lowest BCUT2D eigenvalue weighted by Crippen LogP contribution is -2.47. The topological polar surface area (TPSA) is 41.6 Å². The van der Waals surface area contributed by atoms with Gasteiger partial charge >= 0.3 is 6.09 Å². The molecule has 23 heavy (non-hydrogen) atoms. The maximum Gasteiger partial charge on any atom is 0.425 e. The fourth-order valence-electron chi connectivity index (χ4n) is 2.90. The Morgan fingerprint density at radius 3 is 2.57 bits per heavy atom. The van der Waals surface area contributed by atoms with E-state index in [-0.39, 0.29) is 12.1 Å². The number of carbonyl (C=O) groups is 1. The van der Waals surface area contributed by atoms with E-state index in [0.717, 1.165) is 30.7 Å². The first-order chi connectivity index (χ1) is 10.8. The van der Waals surface area contributed by atoms with Crippen molar-refractivity contribution in [1.82, 2.24) is 10.4 Å². The number of nitrogens with one attached hydrogen (secondary N) is 1. The van der Waals surface area contributed by atoms with Gasteiger partial charge in [-0.25, -0.2) is 15.2 Å². The molecule has 1 aliphatic rings. The second kappa shape index (κ2) is 7.54. The minimum absolute atomic E-state index is 0.0996. The lowest BCUT2D eigenvalue weighted by atomic mass is 9.99. The van der Waals surface area contributed by atoms with Crippen LogP contribution in [0.3, 0.4) is 0 Å². The summed E-state index contributed by atoms with van der Waals surface area (Å²) >= 11 is 5.95. The zero-order valence-corrected chi connectivity index (χ0v) is 15.2. The van der Waals surface area contributed by atoms with Crippen LogP contribution in [0.4, 0.5) is 4.79 Å². The molecule has 1 aromatic rings. The number of halogens is 1. The van der Waals surface area contributed by atoms with Crippen molar-refractivity contribution in [2.24, 2.45) is 0 Å². The van der Waals surface area contributed by atoms with Crippen LogP contribution in [0.2, 0.25) is 5.02 Å². The van der Waals surface area contributed by atoms with Crippen LogP contribution in [0, 0.1) is 0 Å². The number of rotatable bonds is 4. The van der Waals surface area contributed by atoms with E-state index < -0.39 is 5.60 Å². The molecular formula is C18H27ClN2O2. The molecule has 1 N–H and O–H groups in total. The van der Waals surface area contributed by atoms with Gasteiger partial charge in [-0.05, 0) is 57.7 Å². The van der Waals surface area contributed by atoms with E-state index in [2.05, 4.69) is 12.3 Å². The highest BCUT2D eigenvalue weighted by Crippen LogP contribution is 2.24. The summed E-state index contributed by atoms with van der Waals surface area (Å²) in [5.41, 5.74) is 4.01. The number of hydrazine groups is 1. The minimum atomic E-state index is -0.494. The van der Waals surface area contributed by atoms with Crippen LogP contribution in [0.5, 0.6) is 0 Å². The Bertz CT molecular complexity index is 525. The van der Waals surface area contributed by atoms with Crippen molar-refractivity contribution >= 4 is 17.7 Å². The van der Waals surface area contributed by atoms with Gasteiger partial charge in [0, 0.05) is 11.1 Å². The summed E-state index contributed by atoms with van der Waals surface area (Å²) in [6.45, 7) is 7.82. The molecule has 0 unspecified atom stereocenters. The number of benzene rings is 1. The highest BCUT2D eigenvalue weighted by Gasteiger charge is 2.36. The molecule has 0 aliphatic carbocycles. The van der Waals surface area contributed by atoms with Crippen LogP contribution >= 0.6 is 11.6 Å². The highest BCUT2D eigenvalue weighted by molar-refractivity contribution is 6.30. The summed E-state index contributed by atoms with van der Waals surface area (Å²) in [5.74, 6) is 0. The third kappa shape index (κ3) is 5.40. The van der Waals surface area contributed by atoms with Crippen molar-refractivity contribution in [1.29, 1.82) is 0 Å². The Labute approximate surface area is 144 Å². The Kier molecular flexibility index (Phi) is 5.93. The predicted molar refractivity (Wildman–Crippen MR) is 93.5 cm³/mol. The van der Waals surface area contributed by atoms with E-state index in [1.807, 2.05) is 45.0 Å². The van der Waals surface area contributed by atoms with Gasteiger partial charge in [-0.3, -0.25) is 0 Å². The van der Waals surface area contributed by atoms with Crippen LogP contribution in [-0.2, 0) is 11.2 Å². The van der Waals surface area contributed by atoms with Gasteiger partial charge in [-0.15, -0.1) is 0 Å². The molecule has 1 aliphatic heterocycles. The molecular weight excluding hydrogens is 312 g/mol. The molecule has 1 saturated heterocycles. The van der Waals surface area contributed by atoms with Gasteiger partial charge in [-0.1, -0.05) is 37.1 Å². The van der Waals surface area contributed by atoms with Crippen LogP contribution in [-0.4, -0.2) is 28.8 Å². The molecule has 5 heteroatoms. The molecule has 0 spiro atoms. The fraction of sp³-hybridized carbons (Fsp3) is 0.611. The quantitative estimate of drug-likeness (QED) is 0.874. The number of carbonyl (C=O) groups excluding carboxylic acids is 1. The van der Waals surface area contributed by atoms with Gasteiger partial charge in [0.25, 0.3) is 0 Å². The summed E-state index contributed by atoms with van der Waals surface area (Å²) in [5, 5.41) is 2.41. The maximum absolute atomic E-state index is 12.5. The van der Waals surface area contributed by atoms with Gasteiger partial charge in [0.15, 0.2) is 0 Å². The minimum Gasteiger partial charge on any atom is -0.443 e. The van der Waals surface area contributed by atoms with Crippen molar-refractivity contribution in [2.45, 2.75) is 71.1 Å². The smallest absolute Gasteiger partial charge is 0.425 e. The van der Waals surface area contributed by atoms with Gasteiger partial charge in [-0.2, -0.15) is 0 Å². The first-order valence-electron chi connectivity index (χ1n) is 8.31. The van der Waals surface area contributed by atoms with Gasteiger partial charge in [0.05, 0.1) is 6.04 Å². The van der Waals surface area contributed by atoms with Crippen LogP contribution in [0.25, 0.3) is 0 Å². The first-order valence-corrected chi connectivity index (χ1v) is 8.69. The van der Waals surface area contributed by atoms with E-state index >= 15 is 0 Å². The molecule has 2 rings (SSSR count). The maximum atomic E-state index is 12.5. The standard InChI is InChI=1S/C18H27ClN2O2/c1-5-6-15-12-16(11-13-7-9-14(19)10-8-13)21(20-15)17(22)23-18(2,3)4/h7-10,15-16,20H,5-6,11-12H2,1-4H3/t15-,16+/m1/s1. The normalized spacial score (nSPS) is 21.5. The molecule has 1 aromatic carbocycles. The summed E-state index contributed by atoms with van der Waals surface area (Å²) < 4.78 is 5.54. The number of hydrogen-bond acceptors (Lipinski definition) is 3. The van der Waals surface area contributed by atoms with E-state index in [0.29, 0.717) is 6.04 Å². The zero-order valence-electron chi connectivity index (χ0n) is 14.4. The molecule has 4 nitrogen and oxygen atoms in total. The van der Waals surface area contributed by atoms with Crippen LogP contribution in [0.1, 0.15) is 52.5 Å². The predicted octanol–water partition coefficient (Wildman–Crippen LogP) is 4.57. The summed E-state index contributed by atoms with van der Waals surface area (Å²) in [6.07, 6.45) is 3.58. The van der Waals surface area contributed by atoms with Crippen molar-refractivity contribution in [3.05, 3.63) is 34.9 Å². The lowest BCUT2D eigenvalue weighted by molar-refractivity contribution is 0.0113. The summed E-state index contributed by atoms with van der Waals surface area (Å²) in [6, 6.07) is 8.24. The Morgan fingerprint density at radius 1 is 1.35 bits per heavy atom. The van der Waals surface area contributed by atoms with Crippen LogP contribution < -0.4 is 5.43 Å². The Balaban J connectivity index is 2.09. The lowest BCUT2D eigenvalue weighted by Gasteiger charge is -2.28. The van der Waals surface area contributed by atoms with Crippen molar-refractivity contribution in [2.75, 3.05) is 0 Å². The van der Waals surface area contributed by atoms with Crippen molar-refractivity contribution < 1.29 is 9.53 Å². The number of nitrogens with zero attached hydrogens (tertiary/aromatic N) is 1. The number of amides is 1. The third-order valence-electron chi connectivity index (χ3n) is 3.86. The monoisotopic (exact) mass is 338 g/mol. The van der Waals surface area contributed by atoms with E-state index in [1.165, 1.54) is 5.56 Å². The molecule has 0 bridgehead atoms. The first kappa shape index (κ1) is 18.1. The molecule has 0 aromatic heterocycles. The Morgan fingerprint density at radius 2 is 2.00 bits per heavy atom. The molecule has 128 valence electrons. The molecule has 1 amide bonds. The zero-order chi connectivity index (χ0) is 17.0. The Hall–Kier alpha value is -1.26. The summed E-state index contributed by atoms with van der Waals surface area (Å²) in [4.78, 5) is 12.5. The molecule has 0 radical (unpaired) electrons. The van der Waals surface area contributed by atoms with E-state index in [9.17, 15) is 4.79 Å². The molecule has 2 atom stereocenters. The highest BCUT2D eigenvalue weighted by atomic mass is 35.5. The molecule has 0 saturated carbocycles. The average Bonchev–Trinajstić information content (AvgIpc) is 2.83. The van der Waals surface area contributed by atoms with E-state index in [1.54, 1.807) is 5.01 Å². The van der Waals surface area contributed by atoms with Crippen molar-refractivity contribution in [3.8, 4) is 0 Å². The van der Waals surface area contributed by atoms with Crippen molar-refractivity contribution in [3.63, 3.8) is 0 Å². The SMILES string of the molecule is CCC[C@@H]1C[C@H](Cc2ccc(Cl)cc2)N(C(=O)OC(C)(C)C)N1.